The highest BCUT2D eigenvalue weighted by Gasteiger charge is 2.46. The molecule has 2 aliphatic rings. The number of rotatable bonds is 4. The molecule has 30 heavy (non-hydrogen) atoms. The standard InChI is InChI=1S/C23H19NO5S/c1-13-10-15-11-14(6-7-17(15)29-13)21(25)19-20(18-5-3-9-30-18)24(23(27)22(19)26)12-16-4-2-8-28-16/h2-9,11,13,20,25H,10,12H2,1H3/b21-19+. The SMILES string of the molecule is CC1Cc2cc(/C(O)=C3\C(=O)C(=O)N(Cc4ccco4)C3c3cccs3)ccc2O1. The van der Waals surface area contributed by atoms with Crippen molar-refractivity contribution < 1.29 is 23.8 Å². The van der Waals surface area contributed by atoms with Crippen LogP contribution in [0.5, 0.6) is 5.75 Å². The van der Waals surface area contributed by atoms with Crippen LogP contribution in [0.15, 0.2) is 64.1 Å². The number of aliphatic hydroxyl groups is 1. The number of ketones is 1. The number of amides is 1. The first-order valence-electron chi connectivity index (χ1n) is 9.67. The number of carbonyl (C=O) groups is 2. The van der Waals surface area contributed by atoms with Gasteiger partial charge >= 0.3 is 0 Å². The van der Waals surface area contributed by atoms with E-state index in [-0.39, 0.29) is 24.0 Å². The number of hydrogen-bond donors (Lipinski definition) is 1. The summed E-state index contributed by atoms with van der Waals surface area (Å²) >= 11 is 1.44. The zero-order chi connectivity index (χ0) is 20.8. The molecule has 2 unspecified atom stereocenters. The van der Waals surface area contributed by atoms with E-state index in [1.165, 1.54) is 22.5 Å². The van der Waals surface area contributed by atoms with E-state index in [1.54, 1.807) is 24.3 Å². The van der Waals surface area contributed by atoms with Gasteiger partial charge in [0.25, 0.3) is 11.7 Å². The minimum Gasteiger partial charge on any atom is -0.507 e. The normalized spacial score (nSPS) is 22.4. The van der Waals surface area contributed by atoms with Gasteiger partial charge in [0.2, 0.25) is 0 Å². The molecule has 1 saturated heterocycles. The number of ether oxygens (including phenoxy) is 1. The highest BCUT2D eigenvalue weighted by molar-refractivity contribution is 7.10. The van der Waals surface area contributed by atoms with Crippen LogP contribution in [0.1, 0.15) is 34.7 Å². The molecule has 3 aromatic rings. The summed E-state index contributed by atoms with van der Waals surface area (Å²) in [5.74, 6) is -0.155. The largest absolute Gasteiger partial charge is 0.507 e. The van der Waals surface area contributed by atoms with Gasteiger partial charge in [0.15, 0.2) is 0 Å². The van der Waals surface area contributed by atoms with Gasteiger partial charge < -0.3 is 19.2 Å². The lowest BCUT2D eigenvalue weighted by Gasteiger charge is -2.23. The van der Waals surface area contributed by atoms with Crippen molar-refractivity contribution >= 4 is 28.8 Å². The number of fused-ring (bicyclic) bond motifs is 1. The molecule has 2 aromatic heterocycles. The van der Waals surface area contributed by atoms with Gasteiger partial charge in [0, 0.05) is 16.9 Å². The molecule has 0 saturated carbocycles. The van der Waals surface area contributed by atoms with Crippen molar-refractivity contribution in [1.82, 2.24) is 4.90 Å². The molecule has 1 fully saturated rings. The van der Waals surface area contributed by atoms with Gasteiger partial charge in [-0.05, 0) is 54.3 Å². The van der Waals surface area contributed by atoms with Crippen LogP contribution in [0.25, 0.3) is 5.76 Å². The van der Waals surface area contributed by atoms with E-state index in [1.807, 2.05) is 30.5 Å². The Hall–Kier alpha value is -3.32. The Morgan fingerprint density at radius 1 is 1.23 bits per heavy atom. The first-order valence-corrected chi connectivity index (χ1v) is 10.5. The maximum absolute atomic E-state index is 13.0. The second kappa shape index (κ2) is 7.18. The number of benzene rings is 1. The molecule has 1 amide bonds. The van der Waals surface area contributed by atoms with Crippen molar-refractivity contribution in [3.63, 3.8) is 0 Å². The number of aliphatic hydroxyl groups excluding tert-OH is 1. The average Bonchev–Trinajstić information content (AvgIpc) is 3.51. The van der Waals surface area contributed by atoms with Crippen LogP contribution in [0.2, 0.25) is 0 Å². The summed E-state index contributed by atoms with van der Waals surface area (Å²) in [6.45, 7) is 2.13. The highest BCUT2D eigenvalue weighted by Crippen LogP contribution is 2.42. The molecule has 7 heteroatoms. The molecular formula is C23H19NO5S. The maximum atomic E-state index is 13.0. The molecule has 5 rings (SSSR count). The number of likely N-dealkylation sites (tertiary alicyclic amines) is 1. The van der Waals surface area contributed by atoms with Gasteiger partial charge in [-0.2, -0.15) is 0 Å². The molecule has 0 aliphatic carbocycles. The van der Waals surface area contributed by atoms with Crippen LogP contribution < -0.4 is 4.74 Å². The minimum absolute atomic E-state index is 0.0717. The molecule has 4 heterocycles. The zero-order valence-electron chi connectivity index (χ0n) is 16.2. The third-order valence-corrected chi connectivity index (χ3v) is 6.35. The third kappa shape index (κ3) is 3.02. The fourth-order valence-electron chi connectivity index (χ4n) is 4.08. The van der Waals surface area contributed by atoms with Crippen LogP contribution in [0.3, 0.4) is 0 Å². The Morgan fingerprint density at radius 3 is 2.83 bits per heavy atom. The second-order valence-corrected chi connectivity index (χ2v) is 8.46. The first-order chi connectivity index (χ1) is 14.5. The summed E-state index contributed by atoms with van der Waals surface area (Å²) in [5.41, 5.74) is 1.58. The van der Waals surface area contributed by atoms with E-state index in [2.05, 4.69) is 0 Å². The third-order valence-electron chi connectivity index (χ3n) is 5.43. The molecule has 1 aromatic carbocycles. The lowest BCUT2D eigenvalue weighted by Crippen LogP contribution is -2.28. The molecule has 6 nitrogen and oxygen atoms in total. The lowest BCUT2D eigenvalue weighted by atomic mass is 9.98. The van der Waals surface area contributed by atoms with Gasteiger partial charge in [-0.1, -0.05) is 6.07 Å². The number of nitrogens with zero attached hydrogens (tertiary/aromatic N) is 1. The van der Waals surface area contributed by atoms with E-state index < -0.39 is 17.7 Å². The number of furan rings is 1. The highest BCUT2D eigenvalue weighted by atomic mass is 32.1. The zero-order valence-corrected chi connectivity index (χ0v) is 17.0. The molecular weight excluding hydrogens is 402 g/mol. The molecule has 1 N–H and O–H groups in total. The maximum Gasteiger partial charge on any atom is 0.296 e. The van der Waals surface area contributed by atoms with E-state index in [0.717, 1.165) is 22.6 Å². The van der Waals surface area contributed by atoms with Gasteiger partial charge in [-0.15, -0.1) is 11.3 Å². The van der Waals surface area contributed by atoms with Gasteiger partial charge in [0.05, 0.1) is 18.4 Å². The Kier molecular flexibility index (Phi) is 4.47. The van der Waals surface area contributed by atoms with Crippen molar-refractivity contribution in [2.75, 3.05) is 0 Å². The summed E-state index contributed by atoms with van der Waals surface area (Å²) in [7, 11) is 0. The van der Waals surface area contributed by atoms with Gasteiger partial charge in [-0.25, -0.2) is 0 Å². The number of carbonyl (C=O) groups excluding carboxylic acids is 2. The summed E-state index contributed by atoms with van der Waals surface area (Å²) in [6.07, 6.45) is 2.33. The van der Waals surface area contributed by atoms with Crippen molar-refractivity contribution in [3.8, 4) is 5.75 Å². The first kappa shape index (κ1) is 18.7. The molecule has 0 radical (unpaired) electrons. The number of hydrogen-bond acceptors (Lipinski definition) is 6. The van der Waals surface area contributed by atoms with E-state index in [9.17, 15) is 14.7 Å². The monoisotopic (exact) mass is 421 g/mol. The molecule has 2 aliphatic heterocycles. The van der Waals surface area contributed by atoms with Crippen molar-refractivity contribution in [1.29, 1.82) is 0 Å². The topological polar surface area (TPSA) is 80.0 Å². The number of thiophene rings is 1. The second-order valence-electron chi connectivity index (χ2n) is 7.48. The predicted octanol–water partition coefficient (Wildman–Crippen LogP) is 4.29. The van der Waals surface area contributed by atoms with Crippen LogP contribution in [0.4, 0.5) is 0 Å². The predicted molar refractivity (Wildman–Crippen MR) is 111 cm³/mol. The van der Waals surface area contributed by atoms with Crippen molar-refractivity contribution in [3.05, 3.63) is 81.4 Å². The summed E-state index contributed by atoms with van der Waals surface area (Å²) in [4.78, 5) is 28.1. The van der Waals surface area contributed by atoms with Crippen LogP contribution >= 0.6 is 11.3 Å². The molecule has 0 spiro atoms. The molecule has 2 atom stereocenters. The van der Waals surface area contributed by atoms with E-state index in [4.69, 9.17) is 9.15 Å². The lowest BCUT2D eigenvalue weighted by molar-refractivity contribution is -0.140. The quantitative estimate of drug-likeness (QED) is 0.386. The Labute approximate surface area is 177 Å². The van der Waals surface area contributed by atoms with Gasteiger partial charge in [0.1, 0.15) is 29.4 Å². The fourth-order valence-corrected chi connectivity index (χ4v) is 4.93. The molecule has 0 bridgehead atoms. The van der Waals surface area contributed by atoms with E-state index in [0.29, 0.717) is 11.3 Å². The summed E-state index contributed by atoms with van der Waals surface area (Å²) < 4.78 is 11.1. The van der Waals surface area contributed by atoms with Crippen molar-refractivity contribution in [2.24, 2.45) is 0 Å². The van der Waals surface area contributed by atoms with Crippen LogP contribution in [0, 0.1) is 0 Å². The van der Waals surface area contributed by atoms with E-state index >= 15 is 0 Å². The Balaban J connectivity index is 1.61. The number of Topliss-reactive ketones (excluding diaryl/α,β-unsaturated/α-hetero) is 1. The van der Waals surface area contributed by atoms with Crippen molar-refractivity contribution in [2.45, 2.75) is 32.0 Å². The summed E-state index contributed by atoms with van der Waals surface area (Å²) in [5, 5.41) is 13.0. The van der Waals surface area contributed by atoms with Crippen LogP contribution in [-0.2, 0) is 22.6 Å². The fraction of sp³-hybridized carbons (Fsp3) is 0.217. The van der Waals surface area contributed by atoms with Gasteiger partial charge in [-0.3, -0.25) is 9.59 Å². The van der Waals surface area contributed by atoms with Crippen LogP contribution in [-0.4, -0.2) is 27.8 Å². The average molecular weight is 421 g/mol. The minimum atomic E-state index is -0.692. The smallest absolute Gasteiger partial charge is 0.296 e. The Bertz CT molecular complexity index is 1150. The Morgan fingerprint density at radius 2 is 2.10 bits per heavy atom. The molecule has 152 valence electrons. The summed E-state index contributed by atoms with van der Waals surface area (Å²) in [6, 6.07) is 11.9.